The molecule has 0 spiro atoms. The minimum absolute atomic E-state index is 0.0369. The molecule has 4 rings (SSSR count). The third kappa shape index (κ3) is 6.00. The third-order valence-corrected chi connectivity index (χ3v) is 6.06. The summed E-state index contributed by atoms with van der Waals surface area (Å²) in [6.45, 7) is 9.70. The molecule has 35 heavy (non-hydrogen) atoms. The molecule has 1 saturated heterocycles. The van der Waals surface area contributed by atoms with E-state index in [4.69, 9.17) is 14.5 Å². The Morgan fingerprint density at radius 3 is 2.60 bits per heavy atom. The topological polar surface area (TPSA) is 85.7 Å². The second-order valence-electron chi connectivity index (χ2n) is 9.53. The average Bonchev–Trinajstić information content (AvgIpc) is 2.81. The van der Waals surface area contributed by atoms with E-state index < -0.39 is 0 Å². The van der Waals surface area contributed by atoms with Gasteiger partial charge < -0.3 is 19.7 Å². The molecule has 1 aliphatic heterocycles. The minimum Gasteiger partial charge on any atom is -0.497 e. The van der Waals surface area contributed by atoms with E-state index in [2.05, 4.69) is 17.1 Å². The van der Waals surface area contributed by atoms with Gasteiger partial charge in [0, 0.05) is 24.1 Å². The summed E-state index contributed by atoms with van der Waals surface area (Å²) in [4.78, 5) is 33.4. The Kier molecular flexibility index (Phi) is 7.70. The van der Waals surface area contributed by atoms with Crippen molar-refractivity contribution in [2.24, 2.45) is 5.92 Å². The number of carbonyl (C=O) groups is 1. The summed E-state index contributed by atoms with van der Waals surface area (Å²) in [6, 6.07) is 12.7. The van der Waals surface area contributed by atoms with E-state index in [1.807, 2.05) is 44.2 Å². The highest BCUT2D eigenvalue weighted by Crippen LogP contribution is 2.25. The average molecular weight is 479 g/mol. The molecule has 0 saturated carbocycles. The molecule has 1 N–H and O–H groups in total. The lowest BCUT2D eigenvalue weighted by Crippen LogP contribution is -2.41. The number of ether oxygens (including phenoxy) is 2. The lowest BCUT2D eigenvalue weighted by atomic mass is 10.1. The summed E-state index contributed by atoms with van der Waals surface area (Å²) in [5.74, 6) is 1.82. The maximum atomic E-state index is 13.6. The lowest BCUT2D eigenvalue weighted by molar-refractivity contribution is -0.122. The number of amides is 1. The molecule has 2 heterocycles. The van der Waals surface area contributed by atoms with Gasteiger partial charge in [-0.3, -0.25) is 14.2 Å². The molecule has 1 aromatic heterocycles. The van der Waals surface area contributed by atoms with Gasteiger partial charge in [0.25, 0.3) is 5.56 Å². The lowest BCUT2D eigenvalue weighted by Gasteiger charge is -2.32. The van der Waals surface area contributed by atoms with Crippen LogP contribution in [0.4, 0.5) is 0 Å². The van der Waals surface area contributed by atoms with Gasteiger partial charge in [-0.25, -0.2) is 4.98 Å². The Labute approximate surface area is 205 Å². The number of hydrogen-bond donors (Lipinski definition) is 1. The number of fused-ring (bicyclic) bond motifs is 1. The van der Waals surface area contributed by atoms with Gasteiger partial charge >= 0.3 is 0 Å². The summed E-state index contributed by atoms with van der Waals surface area (Å²) < 4.78 is 12.8. The first-order valence-corrected chi connectivity index (χ1v) is 12.2. The van der Waals surface area contributed by atoms with Crippen molar-refractivity contribution in [1.82, 2.24) is 19.8 Å². The predicted molar refractivity (Wildman–Crippen MR) is 137 cm³/mol. The molecular weight excluding hydrogens is 444 g/mol. The van der Waals surface area contributed by atoms with Crippen molar-refractivity contribution in [3.05, 3.63) is 52.8 Å². The molecule has 2 aromatic carbocycles. The standard InChI is InChI=1S/C27H34N4O4/c1-18(2)28-25(32)16-31-26(20-7-5-8-21(13-20)34-4)29-24-10-9-22(14-23(24)27(31)33)35-17-19(3)15-30-11-6-12-30/h5,7-10,13-14,18-19H,6,11-12,15-17H2,1-4H3,(H,28,32)/t19-/m0/s1. The first-order valence-electron chi connectivity index (χ1n) is 12.2. The van der Waals surface area contributed by atoms with Gasteiger partial charge in [0.1, 0.15) is 23.9 Å². The SMILES string of the molecule is COc1cccc(-c2nc3ccc(OC[C@@H](C)CN4CCC4)cc3c(=O)n2CC(=O)NC(C)C)c1. The van der Waals surface area contributed by atoms with Crippen LogP contribution in [0.25, 0.3) is 22.3 Å². The fraction of sp³-hybridized carbons (Fsp3) is 0.444. The highest BCUT2D eigenvalue weighted by atomic mass is 16.5. The van der Waals surface area contributed by atoms with Crippen LogP contribution in [0, 0.1) is 5.92 Å². The number of nitrogens with zero attached hydrogens (tertiary/aromatic N) is 3. The molecule has 1 atom stereocenters. The van der Waals surface area contributed by atoms with Crippen LogP contribution < -0.4 is 20.3 Å². The van der Waals surface area contributed by atoms with Gasteiger partial charge in [0.15, 0.2) is 0 Å². The molecule has 0 unspecified atom stereocenters. The van der Waals surface area contributed by atoms with Gasteiger partial charge in [-0.2, -0.15) is 0 Å². The first-order chi connectivity index (χ1) is 16.8. The zero-order chi connectivity index (χ0) is 24.9. The zero-order valence-electron chi connectivity index (χ0n) is 20.9. The maximum Gasteiger partial charge on any atom is 0.262 e. The Morgan fingerprint density at radius 2 is 1.91 bits per heavy atom. The van der Waals surface area contributed by atoms with Gasteiger partial charge in [0.2, 0.25) is 5.91 Å². The molecule has 0 aliphatic carbocycles. The number of methoxy groups -OCH3 is 1. The molecule has 1 amide bonds. The van der Waals surface area contributed by atoms with Crippen LogP contribution in [0.2, 0.25) is 0 Å². The largest absolute Gasteiger partial charge is 0.497 e. The fourth-order valence-electron chi connectivity index (χ4n) is 4.23. The summed E-state index contributed by atoms with van der Waals surface area (Å²) >= 11 is 0. The van der Waals surface area contributed by atoms with Crippen molar-refractivity contribution in [3.63, 3.8) is 0 Å². The van der Waals surface area contributed by atoms with Crippen LogP contribution in [0.3, 0.4) is 0 Å². The third-order valence-electron chi connectivity index (χ3n) is 6.06. The van der Waals surface area contributed by atoms with E-state index in [0.29, 0.717) is 46.3 Å². The van der Waals surface area contributed by atoms with Crippen LogP contribution in [0.15, 0.2) is 47.3 Å². The molecule has 1 aliphatic rings. The number of aromatic nitrogens is 2. The van der Waals surface area contributed by atoms with E-state index in [-0.39, 0.29) is 24.1 Å². The number of nitrogens with one attached hydrogen (secondary N) is 1. The zero-order valence-corrected chi connectivity index (χ0v) is 20.9. The van der Waals surface area contributed by atoms with Crippen molar-refractivity contribution in [1.29, 1.82) is 0 Å². The summed E-state index contributed by atoms with van der Waals surface area (Å²) in [7, 11) is 1.59. The van der Waals surface area contributed by atoms with Crippen molar-refractivity contribution >= 4 is 16.8 Å². The first kappa shape index (κ1) is 24.7. The predicted octanol–water partition coefficient (Wildman–Crippen LogP) is 3.32. The minimum atomic E-state index is -0.286. The second-order valence-corrected chi connectivity index (χ2v) is 9.53. The van der Waals surface area contributed by atoms with Crippen LogP contribution in [0.5, 0.6) is 11.5 Å². The van der Waals surface area contributed by atoms with Gasteiger partial charge in [-0.1, -0.05) is 19.1 Å². The van der Waals surface area contributed by atoms with Crippen molar-refractivity contribution in [2.75, 3.05) is 33.4 Å². The Bertz CT molecular complexity index is 1250. The Hall–Kier alpha value is -3.39. The van der Waals surface area contributed by atoms with E-state index >= 15 is 0 Å². The van der Waals surface area contributed by atoms with Crippen molar-refractivity contribution in [3.8, 4) is 22.9 Å². The highest BCUT2D eigenvalue weighted by molar-refractivity contribution is 5.83. The molecule has 3 aromatic rings. The van der Waals surface area contributed by atoms with Crippen molar-refractivity contribution in [2.45, 2.75) is 39.8 Å². The van der Waals surface area contributed by atoms with Crippen LogP contribution in [-0.2, 0) is 11.3 Å². The fourth-order valence-corrected chi connectivity index (χ4v) is 4.23. The van der Waals surface area contributed by atoms with E-state index in [1.165, 1.54) is 11.0 Å². The van der Waals surface area contributed by atoms with Crippen LogP contribution in [0.1, 0.15) is 27.2 Å². The van der Waals surface area contributed by atoms with Crippen LogP contribution in [-0.4, -0.2) is 59.8 Å². The summed E-state index contributed by atoms with van der Waals surface area (Å²) in [6.07, 6.45) is 1.27. The van der Waals surface area contributed by atoms with Crippen LogP contribution >= 0.6 is 0 Å². The molecule has 1 fully saturated rings. The van der Waals surface area contributed by atoms with Gasteiger partial charge in [-0.15, -0.1) is 0 Å². The number of benzene rings is 2. The summed E-state index contributed by atoms with van der Waals surface area (Å²) in [5, 5.41) is 3.28. The van der Waals surface area contributed by atoms with E-state index in [1.54, 1.807) is 19.2 Å². The number of rotatable bonds is 10. The summed E-state index contributed by atoms with van der Waals surface area (Å²) in [5.41, 5.74) is 0.959. The highest BCUT2D eigenvalue weighted by Gasteiger charge is 2.19. The molecule has 8 heteroatoms. The smallest absolute Gasteiger partial charge is 0.262 e. The Morgan fingerprint density at radius 1 is 1.11 bits per heavy atom. The molecule has 8 nitrogen and oxygen atoms in total. The monoisotopic (exact) mass is 478 g/mol. The number of hydrogen-bond acceptors (Lipinski definition) is 6. The van der Waals surface area contributed by atoms with Crippen molar-refractivity contribution < 1.29 is 14.3 Å². The molecular formula is C27H34N4O4. The van der Waals surface area contributed by atoms with Gasteiger partial charge in [-0.05, 0) is 63.7 Å². The second kappa shape index (κ2) is 10.9. The van der Waals surface area contributed by atoms with E-state index in [9.17, 15) is 9.59 Å². The van der Waals surface area contributed by atoms with E-state index in [0.717, 1.165) is 19.6 Å². The molecule has 0 bridgehead atoms. The normalized spacial score (nSPS) is 14.5. The van der Waals surface area contributed by atoms with Gasteiger partial charge in [0.05, 0.1) is 24.6 Å². The molecule has 186 valence electrons. The quantitative estimate of drug-likeness (QED) is 0.481. The molecule has 0 radical (unpaired) electrons. The number of carbonyl (C=O) groups excluding carboxylic acids is 1. The Balaban J connectivity index is 1.68. The maximum absolute atomic E-state index is 13.6. The number of likely N-dealkylation sites (tertiary alicyclic amines) is 1.